The molecule has 0 spiro atoms. The van der Waals surface area contributed by atoms with Crippen LogP contribution >= 0.6 is 0 Å². The topological polar surface area (TPSA) is 152 Å². The molecule has 4 aromatic rings. The van der Waals surface area contributed by atoms with E-state index in [4.69, 9.17) is 19.8 Å². The first kappa shape index (κ1) is 31.8. The molecule has 262 valence electrons. The number of nitrogens with one attached hydrogen (secondary N) is 2. The molecular weight excluding hydrogens is 648 g/mol. The summed E-state index contributed by atoms with van der Waals surface area (Å²) in [5.41, 5.74) is 7.42. The molecule has 1 atom stereocenters. The minimum atomic E-state index is -0.965. The Morgan fingerprint density at radius 2 is 1.73 bits per heavy atom. The maximum absolute atomic E-state index is 13.2. The lowest BCUT2D eigenvalue weighted by molar-refractivity contribution is -0.136. The minimum Gasteiger partial charge on any atom is -0.385 e. The molecule has 4 fully saturated rings. The van der Waals surface area contributed by atoms with Gasteiger partial charge >= 0.3 is 0 Å². The zero-order chi connectivity index (χ0) is 34.6. The molecule has 9 rings (SSSR count). The van der Waals surface area contributed by atoms with Crippen LogP contribution < -0.4 is 15.5 Å². The van der Waals surface area contributed by atoms with Gasteiger partial charge in [-0.3, -0.25) is 39.1 Å². The monoisotopic (exact) mass is 688 g/mol. The molecule has 5 heterocycles. The van der Waals surface area contributed by atoms with Gasteiger partial charge in [-0.2, -0.15) is 5.10 Å². The molecule has 51 heavy (non-hydrogen) atoms. The molecule has 0 bridgehead atoms. The molecule has 13 nitrogen and oxygen atoms in total. The summed E-state index contributed by atoms with van der Waals surface area (Å²) in [7, 11) is 0. The number of aromatic nitrogens is 4. The number of ether oxygens (including phenoxy) is 1. The molecule has 3 aliphatic heterocycles. The third-order valence-electron chi connectivity index (χ3n) is 11.0. The van der Waals surface area contributed by atoms with E-state index in [0.29, 0.717) is 17.9 Å². The lowest BCUT2D eigenvalue weighted by Gasteiger charge is -2.35. The summed E-state index contributed by atoms with van der Waals surface area (Å²) in [6.07, 6.45) is 10.9. The molecule has 2 saturated heterocycles. The Bertz CT molecular complexity index is 2060. The Morgan fingerprint density at radius 3 is 2.53 bits per heavy atom. The second-order valence-corrected chi connectivity index (χ2v) is 14.5. The largest absolute Gasteiger partial charge is 0.385 e. The summed E-state index contributed by atoms with van der Waals surface area (Å²) < 4.78 is 7.71. The molecule has 2 aromatic heterocycles. The number of piperidine rings is 1. The number of anilines is 2. The van der Waals surface area contributed by atoms with Crippen LogP contribution in [-0.2, 0) is 14.3 Å². The fourth-order valence-corrected chi connectivity index (χ4v) is 7.95. The van der Waals surface area contributed by atoms with Crippen molar-refractivity contribution >= 4 is 46.0 Å². The molecular formula is C38H40N8O5. The van der Waals surface area contributed by atoms with Crippen molar-refractivity contribution in [3.05, 3.63) is 65.6 Å². The normalized spacial score (nSPS) is 23.4. The Kier molecular flexibility index (Phi) is 8.02. The lowest BCUT2D eigenvalue weighted by Crippen LogP contribution is -2.54. The number of nitrogens with zero attached hydrogens (tertiary/aromatic N) is 6. The van der Waals surface area contributed by atoms with E-state index in [1.54, 1.807) is 18.2 Å². The first-order valence-electron chi connectivity index (χ1n) is 18.2. The van der Waals surface area contributed by atoms with Crippen LogP contribution in [0.2, 0.25) is 0 Å². The fraction of sp³-hybridized carbons (Fsp3) is 0.447. The number of imide groups is 2. The summed E-state index contributed by atoms with van der Waals surface area (Å²) in [5, 5.41) is 10.8. The first-order chi connectivity index (χ1) is 24.9. The summed E-state index contributed by atoms with van der Waals surface area (Å²) in [6.45, 7) is 3.98. The van der Waals surface area contributed by atoms with Crippen LogP contribution in [0.5, 0.6) is 0 Å². The van der Waals surface area contributed by atoms with Crippen LogP contribution in [0, 0.1) is 5.92 Å². The van der Waals surface area contributed by atoms with Crippen LogP contribution in [0.15, 0.2) is 48.8 Å². The number of hydrogen-bond donors (Lipinski definition) is 2. The highest BCUT2D eigenvalue weighted by Gasteiger charge is 2.44. The molecule has 0 radical (unpaired) electrons. The maximum Gasteiger partial charge on any atom is 0.262 e. The number of morpholine rings is 1. The van der Waals surface area contributed by atoms with E-state index in [0.717, 1.165) is 103 Å². The zero-order valence-corrected chi connectivity index (χ0v) is 28.3. The van der Waals surface area contributed by atoms with Gasteiger partial charge in [0, 0.05) is 55.1 Å². The molecule has 4 amide bonds. The van der Waals surface area contributed by atoms with Crippen molar-refractivity contribution in [3.8, 4) is 11.3 Å². The Labute approximate surface area is 294 Å². The Hall–Kier alpha value is -5.17. The van der Waals surface area contributed by atoms with E-state index in [1.165, 1.54) is 12.8 Å². The third-order valence-corrected chi connectivity index (χ3v) is 11.0. The smallest absolute Gasteiger partial charge is 0.262 e. The molecule has 2 saturated carbocycles. The van der Waals surface area contributed by atoms with Gasteiger partial charge in [-0.1, -0.05) is 0 Å². The maximum atomic E-state index is 13.2. The zero-order valence-electron chi connectivity index (χ0n) is 28.3. The van der Waals surface area contributed by atoms with Gasteiger partial charge in [0.05, 0.1) is 59.0 Å². The van der Waals surface area contributed by atoms with E-state index in [9.17, 15) is 19.2 Å². The van der Waals surface area contributed by atoms with Crippen molar-refractivity contribution in [3.63, 3.8) is 0 Å². The lowest BCUT2D eigenvalue weighted by atomic mass is 9.77. The second-order valence-electron chi connectivity index (χ2n) is 14.5. The first-order valence-corrected chi connectivity index (χ1v) is 18.2. The highest BCUT2D eigenvalue weighted by atomic mass is 16.5. The fourth-order valence-electron chi connectivity index (χ4n) is 7.95. The molecule has 2 aromatic carbocycles. The van der Waals surface area contributed by atoms with Crippen molar-refractivity contribution in [2.24, 2.45) is 5.92 Å². The number of hydrogen-bond acceptors (Lipinski definition) is 10. The number of rotatable bonds is 10. The van der Waals surface area contributed by atoms with Gasteiger partial charge in [-0.25, -0.2) is 4.98 Å². The van der Waals surface area contributed by atoms with Gasteiger partial charge in [-0.15, -0.1) is 0 Å². The summed E-state index contributed by atoms with van der Waals surface area (Å²) in [5.74, 6) is -0.868. The van der Waals surface area contributed by atoms with Gasteiger partial charge < -0.3 is 15.0 Å². The molecule has 2 aliphatic carbocycles. The van der Waals surface area contributed by atoms with Gasteiger partial charge in [0.25, 0.3) is 11.8 Å². The average Bonchev–Trinajstić information content (AvgIpc) is 3.84. The number of benzene rings is 2. The van der Waals surface area contributed by atoms with E-state index in [2.05, 4.69) is 44.6 Å². The molecule has 1 unspecified atom stereocenters. The van der Waals surface area contributed by atoms with Crippen LogP contribution in [0.3, 0.4) is 0 Å². The van der Waals surface area contributed by atoms with Gasteiger partial charge in [0.2, 0.25) is 11.8 Å². The predicted octanol–water partition coefficient (Wildman–Crippen LogP) is 4.45. The standard InChI is InChI=1S/C38H40N8O5/c47-34-10-9-33(36(48)42-34)46-37(49)27-7-5-24(18-28(27)38(46)50)39-11-1-2-22-16-26(17-22)45-21-29(35(43-45)23-3-4-23)32-20-40-30-8-6-25(19-31(30)41-32)44-12-14-51-15-13-44/h5-8,18-23,26,33,39H,1-4,9-17H2,(H,42,47,48). The van der Waals surface area contributed by atoms with Crippen molar-refractivity contribution in [1.29, 1.82) is 0 Å². The minimum absolute atomic E-state index is 0.0976. The SMILES string of the molecule is O=C1CCC(N2C(=O)c3ccc(NCCCC4CC(n5cc(-c6cnc7ccc(N8CCOCC8)cc7n6)c(C6CC6)n5)C4)cc3C2=O)C(=O)N1. The van der Waals surface area contributed by atoms with Crippen LogP contribution in [0.25, 0.3) is 22.3 Å². The number of carbonyl (C=O) groups excluding carboxylic acids is 4. The van der Waals surface area contributed by atoms with Crippen LogP contribution in [0.4, 0.5) is 11.4 Å². The molecule has 13 heteroatoms. The van der Waals surface area contributed by atoms with Gasteiger partial charge in [-0.05, 0) is 87.3 Å². The Balaban J connectivity index is 0.800. The molecule has 2 N–H and O–H groups in total. The summed E-state index contributed by atoms with van der Waals surface area (Å²) in [6, 6.07) is 10.9. The summed E-state index contributed by atoms with van der Waals surface area (Å²) in [4.78, 5) is 63.3. The van der Waals surface area contributed by atoms with Crippen molar-refractivity contribution < 1.29 is 23.9 Å². The number of amides is 4. The van der Waals surface area contributed by atoms with Crippen molar-refractivity contribution in [1.82, 2.24) is 30.0 Å². The second kappa shape index (κ2) is 12.9. The van der Waals surface area contributed by atoms with E-state index >= 15 is 0 Å². The van der Waals surface area contributed by atoms with E-state index in [-0.39, 0.29) is 29.9 Å². The van der Waals surface area contributed by atoms with Crippen LogP contribution in [-0.4, -0.2) is 87.2 Å². The van der Waals surface area contributed by atoms with Crippen molar-refractivity contribution in [2.45, 2.75) is 69.4 Å². The quantitative estimate of drug-likeness (QED) is 0.181. The highest BCUT2D eigenvalue weighted by molar-refractivity contribution is 6.23. The van der Waals surface area contributed by atoms with E-state index in [1.807, 2.05) is 6.20 Å². The summed E-state index contributed by atoms with van der Waals surface area (Å²) >= 11 is 0. The number of carbonyl (C=O) groups is 4. The third kappa shape index (κ3) is 6.02. The van der Waals surface area contributed by atoms with Gasteiger partial charge in [0.1, 0.15) is 6.04 Å². The highest BCUT2D eigenvalue weighted by Crippen LogP contribution is 2.46. The molecule has 5 aliphatic rings. The Morgan fingerprint density at radius 1 is 0.902 bits per heavy atom. The average molecular weight is 689 g/mol. The number of fused-ring (bicyclic) bond motifs is 2. The van der Waals surface area contributed by atoms with Gasteiger partial charge in [0.15, 0.2) is 0 Å². The predicted molar refractivity (Wildman–Crippen MR) is 188 cm³/mol. The van der Waals surface area contributed by atoms with Crippen molar-refractivity contribution in [2.75, 3.05) is 43.1 Å². The van der Waals surface area contributed by atoms with E-state index < -0.39 is 23.8 Å². The van der Waals surface area contributed by atoms with Crippen LogP contribution in [0.1, 0.15) is 89.7 Å².